The maximum absolute atomic E-state index is 10.1. The number of nitrogens with zero attached hydrogens (tertiary/aromatic N) is 2. The molecule has 0 amide bonds. The first-order chi connectivity index (χ1) is 8.24. The average Bonchev–Trinajstić information content (AvgIpc) is 2.30. The van der Waals surface area contributed by atoms with Crippen molar-refractivity contribution in [3.05, 3.63) is 22.8 Å². The molecule has 3 nitrogen and oxygen atoms in total. The summed E-state index contributed by atoms with van der Waals surface area (Å²) in [5.41, 5.74) is 0. The topological polar surface area (TPSA) is 36.4 Å². The van der Waals surface area contributed by atoms with Gasteiger partial charge in [-0.2, -0.15) is 0 Å². The van der Waals surface area contributed by atoms with Crippen molar-refractivity contribution in [1.29, 1.82) is 0 Å². The molecule has 1 aliphatic carbocycles. The number of halogens is 1. The molecule has 0 aromatic carbocycles. The summed E-state index contributed by atoms with van der Waals surface area (Å²) in [5.74, 6) is 1.91. The second-order valence-electron chi connectivity index (χ2n) is 5.18. The largest absolute Gasteiger partial charge is 0.392 e. The summed E-state index contributed by atoms with van der Waals surface area (Å²) in [6.45, 7) is 1.90. The first kappa shape index (κ1) is 11.5. The number of pyridine rings is 1. The molecule has 1 N–H and O–H groups in total. The van der Waals surface area contributed by atoms with Crippen molar-refractivity contribution in [3.63, 3.8) is 0 Å². The summed E-state index contributed by atoms with van der Waals surface area (Å²) in [4.78, 5) is 6.78. The van der Waals surface area contributed by atoms with E-state index >= 15 is 0 Å². The van der Waals surface area contributed by atoms with E-state index in [-0.39, 0.29) is 6.10 Å². The molecule has 1 aliphatic heterocycles. The van der Waals surface area contributed by atoms with Crippen LogP contribution in [0.1, 0.15) is 19.3 Å². The number of hydrogen-bond donors (Lipinski definition) is 1. The highest BCUT2D eigenvalue weighted by molar-refractivity contribution is 9.10. The molecule has 1 aromatic heterocycles. The van der Waals surface area contributed by atoms with Gasteiger partial charge in [0.25, 0.3) is 0 Å². The molecule has 1 aromatic rings. The number of aliphatic hydroxyl groups is 1. The number of anilines is 1. The van der Waals surface area contributed by atoms with Gasteiger partial charge < -0.3 is 10.0 Å². The molecule has 0 radical (unpaired) electrons. The van der Waals surface area contributed by atoms with Crippen LogP contribution in [0, 0.1) is 11.8 Å². The zero-order chi connectivity index (χ0) is 11.8. The van der Waals surface area contributed by atoms with E-state index in [0.717, 1.165) is 36.2 Å². The number of aromatic nitrogens is 1. The lowest BCUT2D eigenvalue weighted by Crippen LogP contribution is -2.51. The molecule has 0 spiro atoms. The minimum atomic E-state index is -0.0875. The third kappa shape index (κ3) is 2.20. The van der Waals surface area contributed by atoms with Crippen LogP contribution in [0.2, 0.25) is 0 Å². The lowest BCUT2D eigenvalue weighted by Gasteiger charge is -2.45. The van der Waals surface area contributed by atoms with Crippen molar-refractivity contribution in [3.8, 4) is 0 Å². The van der Waals surface area contributed by atoms with Gasteiger partial charge in [-0.3, -0.25) is 0 Å². The predicted molar refractivity (Wildman–Crippen MR) is 71.0 cm³/mol. The van der Waals surface area contributed by atoms with Crippen LogP contribution < -0.4 is 4.90 Å². The Bertz CT molecular complexity index is 381. The van der Waals surface area contributed by atoms with Crippen LogP contribution in [0.3, 0.4) is 0 Å². The van der Waals surface area contributed by atoms with Crippen LogP contribution in [-0.4, -0.2) is 29.3 Å². The third-order valence-corrected chi connectivity index (χ3v) is 4.53. The second kappa shape index (κ2) is 4.58. The SMILES string of the molecule is OC1C2CCCC1CN(c1ccc(Br)cn1)C2. The van der Waals surface area contributed by atoms with E-state index in [4.69, 9.17) is 0 Å². The minimum Gasteiger partial charge on any atom is -0.392 e. The zero-order valence-corrected chi connectivity index (χ0v) is 11.3. The number of fused-ring (bicyclic) bond motifs is 2. The van der Waals surface area contributed by atoms with Gasteiger partial charge in [0.1, 0.15) is 5.82 Å². The molecule has 2 aliphatic rings. The number of piperidine rings is 1. The van der Waals surface area contributed by atoms with E-state index in [1.807, 2.05) is 12.3 Å². The molecule has 1 saturated heterocycles. The summed E-state index contributed by atoms with van der Waals surface area (Å²) in [7, 11) is 0. The highest BCUT2D eigenvalue weighted by atomic mass is 79.9. The third-order valence-electron chi connectivity index (χ3n) is 4.06. The Morgan fingerprint density at radius 1 is 1.24 bits per heavy atom. The van der Waals surface area contributed by atoms with Gasteiger partial charge in [-0.1, -0.05) is 6.42 Å². The van der Waals surface area contributed by atoms with E-state index in [1.165, 1.54) is 6.42 Å². The normalized spacial score (nSPS) is 32.6. The van der Waals surface area contributed by atoms with Crippen molar-refractivity contribution < 1.29 is 5.11 Å². The van der Waals surface area contributed by atoms with Crippen molar-refractivity contribution in [1.82, 2.24) is 4.98 Å². The standard InChI is InChI=1S/C13H17BrN2O/c14-11-4-5-12(15-6-11)16-7-9-2-1-3-10(8-16)13(9)17/h4-6,9-10,13,17H,1-3,7-8H2. The van der Waals surface area contributed by atoms with Gasteiger partial charge in [-0.05, 0) is 40.9 Å². The lowest BCUT2D eigenvalue weighted by atomic mass is 9.75. The quantitative estimate of drug-likeness (QED) is 0.865. The summed E-state index contributed by atoms with van der Waals surface area (Å²) >= 11 is 3.41. The summed E-state index contributed by atoms with van der Waals surface area (Å²) in [6, 6.07) is 4.08. The number of rotatable bonds is 1. The molecular weight excluding hydrogens is 280 g/mol. The lowest BCUT2D eigenvalue weighted by molar-refractivity contribution is 0.00580. The van der Waals surface area contributed by atoms with Crippen LogP contribution >= 0.6 is 15.9 Å². The van der Waals surface area contributed by atoms with E-state index in [0.29, 0.717) is 11.8 Å². The van der Waals surface area contributed by atoms with Gasteiger partial charge in [-0.25, -0.2) is 4.98 Å². The van der Waals surface area contributed by atoms with E-state index in [2.05, 4.69) is 31.9 Å². The molecule has 2 bridgehead atoms. The van der Waals surface area contributed by atoms with E-state index < -0.39 is 0 Å². The first-order valence-electron chi connectivity index (χ1n) is 6.28. The first-order valence-corrected chi connectivity index (χ1v) is 7.08. The highest BCUT2D eigenvalue weighted by Crippen LogP contribution is 2.36. The van der Waals surface area contributed by atoms with Gasteiger partial charge in [-0.15, -0.1) is 0 Å². The van der Waals surface area contributed by atoms with Gasteiger partial charge in [0.15, 0.2) is 0 Å². The Kier molecular flexibility index (Phi) is 3.09. The highest BCUT2D eigenvalue weighted by Gasteiger charge is 2.38. The Morgan fingerprint density at radius 3 is 2.53 bits per heavy atom. The molecular formula is C13H17BrN2O. The Morgan fingerprint density at radius 2 is 1.94 bits per heavy atom. The monoisotopic (exact) mass is 296 g/mol. The molecule has 4 heteroatoms. The van der Waals surface area contributed by atoms with Crippen molar-refractivity contribution >= 4 is 21.7 Å². The molecule has 2 heterocycles. The van der Waals surface area contributed by atoms with Crippen LogP contribution in [0.5, 0.6) is 0 Å². The molecule has 2 atom stereocenters. The molecule has 92 valence electrons. The fourth-order valence-corrected chi connectivity index (χ4v) is 3.38. The average molecular weight is 297 g/mol. The maximum Gasteiger partial charge on any atom is 0.128 e. The van der Waals surface area contributed by atoms with Crippen molar-refractivity contribution in [2.75, 3.05) is 18.0 Å². The van der Waals surface area contributed by atoms with Gasteiger partial charge in [0, 0.05) is 35.6 Å². The fourth-order valence-electron chi connectivity index (χ4n) is 3.15. The Labute approximate surface area is 110 Å². The molecule has 3 rings (SSSR count). The second-order valence-corrected chi connectivity index (χ2v) is 6.10. The van der Waals surface area contributed by atoms with Crippen LogP contribution in [0.25, 0.3) is 0 Å². The predicted octanol–water partition coefficient (Wildman–Crippen LogP) is 2.44. The summed E-state index contributed by atoms with van der Waals surface area (Å²) in [5, 5.41) is 10.1. The summed E-state index contributed by atoms with van der Waals surface area (Å²) in [6.07, 6.45) is 5.34. The molecule has 2 fully saturated rings. The molecule has 2 unspecified atom stereocenters. The van der Waals surface area contributed by atoms with Crippen molar-refractivity contribution in [2.45, 2.75) is 25.4 Å². The van der Waals surface area contributed by atoms with Gasteiger partial charge in [0.2, 0.25) is 0 Å². The zero-order valence-electron chi connectivity index (χ0n) is 9.72. The number of aliphatic hydroxyl groups excluding tert-OH is 1. The maximum atomic E-state index is 10.1. The summed E-state index contributed by atoms with van der Waals surface area (Å²) < 4.78 is 1.01. The van der Waals surface area contributed by atoms with Crippen LogP contribution in [0.15, 0.2) is 22.8 Å². The van der Waals surface area contributed by atoms with Crippen LogP contribution in [-0.2, 0) is 0 Å². The van der Waals surface area contributed by atoms with Crippen molar-refractivity contribution in [2.24, 2.45) is 11.8 Å². The number of hydrogen-bond acceptors (Lipinski definition) is 3. The smallest absolute Gasteiger partial charge is 0.128 e. The van der Waals surface area contributed by atoms with E-state index in [1.54, 1.807) is 0 Å². The van der Waals surface area contributed by atoms with Gasteiger partial charge >= 0.3 is 0 Å². The molecule has 1 saturated carbocycles. The minimum absolute atomic E-state index is 0.0875. The molecule has 17 heavy (non-hydrogen) atoms. The van der Waals surface area contributed by atoms with E-state index in [9.17, 15) is 5.11 Å². The van der Waals surface area contributed by atoms with Crippen LogP contribution in [0.4, 0.5) is 5.82 Å². The van der Waals surface area contributed by atoms with Gasteiger partial charge in [0.05, 0.1) is 6.10 Å². The Balaban J connectivity index is 1.79. The fraction of sp³-hybridized carbons (Fsp3) is 0.615. The Hall–Kier alpha value is -0.610.